The second-order valence-corrected chi connectivity index (χ2v) is 17.4. The maximum Gasteiger partial charge on any atom is 0.346 e. The number of carbonyl (C=O) groups excluding carboxylic acids is 4. The van der Waals surface area contributed by atoms with Gasteiger partial charge in [0.2, 0.25) is 0 Å². The molecular weight excluding hydrogens is 869 g/mol. The topological polar surface area (TPSA) is 130 Å². The molecule has 0 fully saturated rings. The molecule has 0 aliphatic carbocycles. The molecule has 3 aromatic carbocycles. The first kappa shape index (κ1) is 45.3. The van der Waals surface area contributed by atoms with E-state index < -0.39 is 23.9 Å². The number of fused-ring (bicyclic) bond motifs is 9. The number of aliphatic imine (C=N–C) groups is 2. The summed E-state index contributed by atoms with van der Waals surface area (Å²) in [6.45, 7) is 10.6. The highest BCUT2D eigenvalue weighted by Crippen LogP contribution is 2.44. The summed E-state index contributed by atoms with van der Waals surface area (Å²) in [6, 6.07) is 31.7. The van der Waals surface area contributed by atoms with E-state index in [4.69, 9.17) is 28.9 Å². The number of hydrogen-bond acceptors (Lipinski definition) is 12. The molecule has 0 amide bonds. The van der Waals surface area contributed by atoms with Crippen LogP contribution in [0.25, 0.3) is 32.0 Å². The van der Waals surface area contributed by atoms with Gasteiger partial charge in [-0.3, -0.25) is 0 Å². The minimum Gasteiger partial charge on any atom is -0.462 e. The molecule has 0 unspecified atom stereocenters. The molecule has 10 bridgehead atoms. The zero-order valence-electron chi connectivity index (χ0n) is 37.4. The van der Waals surface area contributed by atoms with Crippen LogP contribution in [-0.4, -0.2) is 61.7 Å². The number of rotatable bonds is 10. The van der Waals surface area contributed by atoms with Crippen molar-refractivity contribution in [2.24, 2.45) is 9.98 Å². The summed E-state index contributed by atoms with van der Waals surface area (Å²) in [5.41, 5.74) is 7.71. The van der Waals surface area contributed by atoms with Crippen LogP contribution in [0.3, 0.4) is 0 Å². The average molecular weight is 915 g/mol. The van der Waals surface area contributed by atoms with Gasteiger partial charge in [-0.05, 0) is 118 Å². The Morgan fingerprint density at radius 1 is 0.439 bits per heavy atom. The molecule has 2 aromatic heterocycles. The molecule has 5 heterocycles. The summed E-state index contributed by atoms with van der Waals surface area (Å²) < 4.78 is 22.1. The molecule has 0 atom stereocenters. The van der Waals surface area contributed by atoms with Crippen LogP contribution in [0.5, 0.6) is 0 Å². The average Bonchev–Trinajstić information content (AvgIpc) is 4.16. The first-order valence-electron chi connectivity index (χ1n) is 21.7. The number of benzene rings is 3. The molecule has 3 aliphatic heterocycles. The summed E-state index contributed by atoms with van der Waals surface area (Å²) in [5, 5.41) is 0. The van der Waals surface area contributed by atoms with Crippen LogP contribution in [0.1, 0.15) is 70.8 Å². The third-order valence-electron chi connectivity index (χ3n) is 10.8. The van der Waals surface area contributed by atoms with Crippen LogP contribution < -0.4 is 0 Å². The third kappa shape index (κ3) is 9.15. The maximum atomic E-state index is 14.1. The van der Waals surface area contributed by atoms with Crippen molar-refractivity contribution in [1.29, 1.82) is 0 Å². The number of nitrogens with zero attached hydrogens (tertiary/aromatic N) is 2. The molecule has 332 valence electrons. The van der Waals surface area contributed by atoms with E-state index in [2.05, 4.69) is 72.8 Å². The van der Waals surface area contributed by atoms with E-state index in [0.717, 1.165) is 52.9 Å². The van der Waals surface area contributed by atoms with Gasteiger partial charge in [0, 0.05) is 41.8 Å². The van der Waals surface area contributed by atoms with Gasteiger partial charge in [0.25, 0.3) is 0 Å². The summed E-state index contributed by atoms with van der Waals surface area (Å²) in [4.78, 5) is 70.7. The van der Waals surface area contributed by atoms with E-state index >= 15 is 0 Å². The Labute approximate surface area is 391 Å². The van der Waals surface area contributed by atoms with E-state index in [1.54, 1.807) is 86.8 Å². The minimum absolute atomic E-state index is 0.0195. The van der Waals surface area contributed by atoms with Gasteiger partial charge < -0.3 is 18.9 Å². The van der Waals surface area contributed by atoms with Crippen molar-refractivity contribution in [3.63, 3.8) is 0 Å². The number of ether oxygens (including phenoxy) is 4. The standard InChI is InChI=1S/C54H46N2O8S2/c1-7-61-51(57)49(52(58)62-8-2)47-35-12-11-13-36(30-35)48(50(53(59)63-9-3)54(60)64-10-4)40-25-23-38(56-40)46(34-20-16-32(6)17-21-34)44-29-27-42(66-44)41-26-28-43(65-41)45(37-22-24-39(47)55-37)33-18-14-31(5)15-19-33/h11-30H,7-10H2,1-6H3. The number of allylic oxidation sites excluding steroid dienone is 6. The van der Waals surface area contributed by atoms with Crippen molar-refractivity contribution in [3.8, 4) is 9.75 Å². The summed E-state index contributed by atoms with van der Waals surface area (Å²) in [6.07, 6.45) is 7.25. The van der Waals surface area contributed by atoms with E-state index in [9.17, 15) is 19.2 Å². The molecule has 0 N–H and O–H groups in total. The van der Waals surface area contributed by atoms with Crippen molar-refractivity contribution in [2.75, 3.05) is 26.4 Å². The van der Waals surface area contributed by atoms with E-state index in [0.29, 0.717) is 22.5 Å². The lowest BCUT2D eigenvalue weighted by Gasteiger charge is -2.17. The molecule has 0 radical (unpaired) electrons. The fourth-order valence-corrected chi connectivity index (χ4v) is 10.1. The van der Waals surface area contributed by atoms with Gasteiger partial charge in [0.1, 0.15) is 0 Å². The van der Waals surface area contributed by atoms with Gasteiger partial charge in [0.15, 0.2) is 11.1 Å². The monoisotopic (exact) mass is 914 g/mol. The summed E-state index contributed by atoms with van der Waals surface area (Å²) in [7, 11) is 0. The fraction of sp³-hybridized carbons (Fsp3) is 0.185. The van der Waals surface area contributed by atoms with Crippen LogP contribution in [0, 0.1) is 13.8 Å². The lowest BCUT2D eigenvalue weighted by molar-refractivity contribution is -0.148. The number of esters is 4. The third-order valence-corrected chi connectivity index (χ3v) is 13.2. The summed E-state index contributed by atoms with van der Waals surface area (Å²) in [5.74, 6) is -3.63. The first-order valence-corrected chi connectivity index (χ1v) is 23.3. The SMILES string of the molecule is CCOC(=O)C(C(=O)OCC)=C1C2=NC(=C(c3ccc(C)cc3)c3ccc(s3)-c3ccc(s3)C(c3ccc(C)cc3)=C3C=CC(=N3)C(=C(C(=O)OCC)C(=O)OCC)c3cccc1c3)C=C2. The molecule has 0 saturated carbocycles. The van der Waals surface area contributed by atoms with Crippen LogP contribution >= 0.6 is 22.7 Å². The number of carbonyl (C=O) groups is 4. The van der Waals surface area contributed by atoms with Crippen molar-refractivity contribution in [3.05, 3.63) is 187 Å². The lowest BCUT2D eigenvalue weighted by Crippen LogP contribution is -2.23. The highest BCUT2D eigenvalue weighted by atomic mass is 32.1. The second kappa shape index (κ2) is 19.9. The zero-order chi connectivity index (χ0) is 46.5. The van der Waals surface area contributed by atoms with Gasteiger partial charge in [-0.15, -0.1) is 22.7 Å². The molecule has 8 rings (SSSR count). The predicted molar refractivity (Wildman–Crippen MR) is 262 cm³/mol. The molecule has 66 heavy (non-hydrogen) atoms. The minimum atomic E-state index is -0.906. The Hall–Kier alpha value is -7.28. The Balaban J connectivity index is 1.52. The van der Waals surface area contributed by atoms with E-state index in [-0.39, 0.29) is 60.1 Å². The smallest absolute Gasteiger partial charge is 0.346 e. The van der Waals surface area contributed by atoms with E-state index in [1.807, 2.05) is 26.0 Å². The molecule has 12 heteroatoms. The molecule has 0 spiro atoms. The van der Waals surface area contributed by atoms with Crippen LogP contribution in [0.15, 0.2) is 154 Å². The molecule has 3 aliphatic rings. The Bertz CT molecular complexity index is 2800. The predicted octanol–water partition coefficient (Wildman–Crippen LogP) is 11.1. The van der Waals surface area contributed by atoms with Gasteiger partial charge >= 0.3 is 23.9 Å². The molecular formula is C54H46N2O8S2. The van der Waals surface area contributed by atoms with E-state index in [1.165, 1.54) is 0 Å². The first-order chi connectivity index (χ1) is 32.0. The number of thiophene rings is 2. The van der Waals surface area contributed by atoms with Crippen LogP contribution in [0.2, 0.25) is 0 Å². The van der Waals surface area contributed by atoms with Crippen LogP contribution in [0.4, 0.5) is 0 Å². The highest BCUT2D eigenvalue weighted by Gasteiger charge is 2.34. The molecule has 5 aromatic rings. The largest absolute Gasteiger partial charge is 0.462 e. The van der Waals surface area contributed by atoms with Crippen molar-refractivity contribution >= 4 is 80.3 Å². The highest BCUT2D eigenvalue weighted by molar-refractivity contribution is 7.23. The zero-order valence-corrected chi connectivity index (χ0v) is 39.0. The fourth-order valence-electron chi connectivity index (χ4n) is 7.82. The van der Waals surface area contributed by atoms with Crippen molar-refractivity contribution in [1.82, 2.24) is 0 Å². The normalized spacial score (nSPS) is 14.0. The quantitative estimate of drug-likeness (QED) is 0.0445. The number of aryl methyl sites for hydroxylation is 2. The van der Waals surface area contributed by atoms with Crippen LogP contribution in [-0.2, 0) is 38.1 Å². The maximum absolute atomic E-state index is 14.1. The van der Waals surface area contributed by atoms with Crippen molar-refractivity contribution < 1.29 is 38.1 Å². The Morgan fingerprint density at radius 3 is 1.14 bits per heavy atom. The van der Waals surface area contributed by atoms with Gasteiger partial charge in [-0.25, -0.2) is 29.2 Å². The second-order valence-electron chi connectivity index (χ2n) is 15.2. The van der Waals surface area contributed by atoms with Crippen molar-refractivity contribution in [2.45, 2.75) is 41.5 Å². The lowest BCUT2D eigenvalue weighted by atomic mass is 9.89. The Kier molecular flexibility index (Phi) is 13.6. The number of hydrogen-bond donors (Lipinski definition) is 0. The molecule has 0 saturated heterocycles. The van der Waals surface area contributed by atoms with Gasteiger partial charge in [0.05, 0.1) is 49.2 Å². The molecule has 10 nitrogen and oxygen atoms in total. The summed E-state index contributed by atoms with van der Waals surface area (Å²) >= 11 is 3.27. The van der Waals surface area contributed by atoms with Gasteiger partial charge in [-0.1, -0.05) is 77.9 Å². The van der Waals surface area contributed by atoms with Gasteiger partial charge in [-0.2, -0.15) is 0 Å². The Morgan fingerprint density at radius 2 is 0.788 bits per heavy atom.